The Morgan fingerprint density at radius 1 is 1.12 bits per heavy atom. The molecule has 0 bridgehead atoms. The summed E-state index contributed by atoms with van der Waals surface area (Å²) >= 11 is 0. The van der Waals surface area contributed by atoms with Gasteiger partial charge in [0.05, 0.1) is 28.9 Å². The Balaban J connectivity index is 1.25. The minimum atomic E-state index is -4.03. The van der Waals surface area contributed by atoms with Crippen LogP contribution in [-0.2, 0) is 34.3 Å². The van der Waals surface area contributed by atoms with Crippen LogP contribution in [-0.4, -0.2) is 52.1 Å². The molecule has 0 saturated carbocycles. The van der Waals surface area contributed by atoms with Crippen molar-refractivity contribution in [3.63, 3.8) is 0 Å². The molecular formula is C28H30N6O5S. The highest BCUT2D eigenvalue weighted by Crippen LogP contribution is 2.35. The van der Waals surface area contributed by atoms with Crippen LogP contribution in [0.25, 0.3) is 0 Å². The van der Waals surface area contributed by atoms with Crippen molar-refractivity contribution in [2.75, 3.05) is 6.61 Å². The molecule has 40 heavy (non-hydrogen) atoms. The van der Waals surface area contributed by atoms with Crippen LogP contribution in [0.5, 0.6) is 5.75 Å². The summed E-state index contributed by atoms with van der Waals surface area (Å²) < 4.78 is 35.4. The predicted molar refractivity (Wildman–Crippen MR) is 146 cm³/mol. The van der Waals surface area contributed by atoms with E-state index in [1.54, 1.807) is 29.2 Å². The van der Waals surface area contributed by atoms with Gasteiger partial charge in [-0.2, -0.15) is 4.72 Å². The standard InChI is InChI=1S/C28H30N6O5S/c1-19-5-8-23(9-6-19)40(37,38)32-25(28(35)36)15-22-18-34(33-31-22)26-11-13-39-27-14-20(7-10-24(26)27)16-29-17-21-4-2-3-12-30-21/h2-10,12,14,18,25-26,29,32H,11,13,15-17H2,1H3,(H,35,36)/t25-,26-/m1/s1. The van der Waals surface area contributed by atoms with Crippen LogP contribution in [0, 0.1) is 6.92 Å². The van der Waals surface area contributed by atoms with Gasteiger partial charge in [0.2, 0.25) is 10.0 Å². The zero-order chi connectivity index (χ0) is 28.1. The lowest BCUT2D eigenvalue weighted by Crippen LogP contribution is -2.42. The van der Waals surface area contributed by atoms with E-state index in [2.05, 4.69) is 25.3 Å². The largest absolute Gasteiger partial charge is 0.493 e. The number of hydrogen-bond acceptors (Lipinski definition) is 8. The summed E-state index contributed by atoms with van der Waals surface area (Å²) in [6, 6.07) is 16.5. The molecule has 1 aliphatic heterocycles. The van der Waals surface area contributed by atoms with Crippen molar-refractivity contribution >= 4 is 16.0 Å². The van der Waals surface area contributed by atoms with Crippen molar-refractivity contribution < 1.29 is 23.1 Å². The van der Waals surface area contributed by atoms with Crippen LogP contribution in [0.2, 0.25) is 0 Å². The third-order valence-electron chi connectivity index (χ3n) is 6.66. The summed E-state index contributed by atoms with van der Waals surface area (Å²) in [6.45, 7) is 3.64. The van der Waals surface area contributed by atoms with Crippen LogP contribution in [0.3, 0.4) is 0 Å². The second-order valence-corrected chi connectivity index (χ2v) is 11.4. The fraction of sp³-hybridized carbons (Fsp3) is 0.286. The maximum atomic E-state index is 12.8. The third-order valence-corrected chi connectivity index (χ3v) is 8.15. The summed E-state index contributed by atoms with van der Waals surface area (Å²) in [4.78, 5) is 16.2. The number of carbonyl (C=O) groups is 1. The summed E-state index contributed by atoms with van der Waals surface area (Å²) in [5, 5.41) is 21.5. The van der Waals surface area contributed by atoms with Crippen molar-refractivity contribution in [1.29, 1.82) is 0 Å². The minimum Gasteiger partial charge on any atom is -0.493 e. The van der Waals surface area contributed by atoms with Gasteiger partial charge in [0, 0.05) is 43.9 Å². The average Bonchev–Trinajstić information content (AvgIpc) is 3.41. The molecule has 4 aromatic rings. The number of hydrogen-bond donors (Lipinski definition) is 3. The molecule has 2 aromatic heterocycles. The van der Waals surface area contributed by atoms with E-state index in [0.29, 0.717) is 31.8 Å². The van der Waals surface area contributed by atoms with Crippen molar-refractivity contribution in [2.45, 2.75) is 49.8 Å². The highest BCUT2D eigenvalue weighted by atomic mass is 32.2. The Labute approximate surface area is 232 Å². The van der Waals surface area contributed by atoms with E-state index in [1.807, 2.05) is 43.3 Å². The van der Waals surface area contributed by atoms with Gasteiger partial charge >= 0.3 is 5.97 Å². The van der Waals surface area contributed by atoms with E-state index in [1.165, 1.54) is 12.1 Å². The molecule has 1 aliphatic rings. The first-order valence-electron chi connectivity index (χ1n) is 12.9. The van der Waals surface area contributed by atoms with E-state index >= 15 is 0 Å². The Morgan fingerprint density at radius 3 is 2.70 bits per heavy atom. The smallest absolute Gasteiger partial charge is 0.322 e. The number of nitrogens with zero attached hydrogens (tertiary/aromatic N) is 4. The van der Waals surface area contributed by atoms with Gasteiger partial charge < -0.3 is 15.2 Å². The molecule has 2 atom stereocenters. The number of benzene rings is 2. The molecule has 0 saturated heterocycles. The second-order valence-electron chi connectivity index (χ2n) is 9.67. The van der Waals surface area contributed by atoms with Gasteiger partial charge in [-0.1, -0.05) is 41.1 Å². The fourth-order valence-electron chi connectivity index (χ4n) is 4.56. The van der Waals surface area contributed by atoms with E-state index in [4.69, 9.17) is 4.74 Å². The van der Waals surface area contributed by atoms with Gasteiger partial charge in [0.15, 0.2) is 0 Å². The van der Waals surface area contributed by atoms with Gasteiger partial charge in [-0.25, -0.2) is 13.1 Å². The number of aryl methyl sites for hydroxylation is 1. The van der Waals surface area contributed by atoms with Gasteiger partial charge in [0.1, 0.15) is 11.8 Å². The molecule has 208 valence electrons. The fourth-order valence-corrected chi connectivity index (χ4v) is 5.75. The molecule has 12 heteroatoms. The Bertz CT molecular complexity index is 1570. The molecule has 11 nitrogen and oxygen atoms in total. The highest BCUT2D eigenvalue weighted by Gasteiger charge is 2.28. The summed E-state index contributed by atoms with van der Waals surface area (Å²) in [5.41, 5.74) is 4.24. The highest BCUT2D eigenvalue weighted by molar-refractivity contribution is 7.89. The molecule has 2 aromatic carbocycles. The second kappa shape index (κ2) is 11.9. The van der Waals surface area contributed by atoms with Crippen LogP contribution in [0.1, 0.15) is 40.5 Å². The van der Waals surface area contributed by atoms with Gasteiger partial charge in [-0.05, 0) is 42.8 Å². The maximum absolute atomic E-state index is 12.8. The zero-order valence-electron chi connectivity index (χ0n) is 21.9. The molecule has 3 N–H and O–H groups in total. The number of nitrogens with one attached hydrogen (secondary N) is 2. The molecule has 0 unspecified atom stereocenters. The number of carboxylic acids is 1. The minimum absolute atomic E-state index is 0.00174. The first kappa shape index (κ1) is 27.4. The molecule has 0 amide bonds. The van der Waals surface area contributed by atoms with E-state index < -0.39 is 22.0 Å². The summed E-state index contributed by atoms with van der Waals surface area (Å²) in [7, 11) is -4.03. The lowest BCUT2D eigenvalue weighted by atomic mass is 9.99. The normalized spacial score (nSPS) is 15.7. The quantitative estimate of drug-likeness (QED) is 0.251. The van der Waals surface area contributed by atoms with Crippen LogP contribution in [0.15, 0.2) is 78.0 Å². The Hall–Kier alpha value is -4.13. The molecule has 0 aliphatic carbocycles. The first-order chi connectivity index (χ1) is 19.3. The SMILES string of the molecule is Cc1ccc(S(=O)(=O)N[C@H](Cc2cn([C@@H]3CCOc4cc(CNCc5ccccn5)ccc43)nn2)C(=O)O)cc1. The van der Waals surface area contributed by atoms with Gasteiger partial charge in [0.25, 0.3) is 0 Å². The number of sulfonamides is 1. The topological polar surface area (TPSA) is 148 Å². The number of ether oxygens (including phenoxy) is 1. The van der Waals surface area contributed by atoms with Crippen molar-refractivity contribution in [3.05, 3.63) is 101 Å². The lowest BCUT2D eigenvalue weighted by Gasteiger charge is -2.26. The van der Waals surface area contributed by atoms with E-state index in [0.717, 1.165) is 28.1 Å². The van der Waals surface area contributed by atoms with Crippen molar-refractivity contribution in [1.82, 2.24) is 30.0 Å². The lowest BCUT2D eigenvalue weighted by molar-refractivity contribution is -0.138. The van der Waals surface area contributed by atoms with E-state index in [9.17, 15) is 18.3 Å². The predicted octanol–water partition coefficient (Wildman–Crippen LogP) is 2.62. The van der Waals surface area contributed by atoms with Crippen LogP contribution >= 0.6 is 0 Å². The van der Waals surface area contributed by atoms with Crippen LogP contribution < -0.4 is 14.8 Å². The van der Waals surface area contributed by atoms with Crippen molar-refractivity contribution in [3.8, 4) is 5.75 Å². The summed E-state index contributed by atoms with van der Waals surface area (Å²) in [6.07, 6.45) is 3.94. The first-order valence-corrected chi connectivity index (χ1v) is 14.4. The monoisotopic (exact) mass is 562 g/mol. The molecule has 0 radical (unpaired) electrons. The zero-order valence-corrected chi connectivity index (χ0v) is 22.7. The molecule has 3 heterocycles. The van der Waals surface area contributed by atoms with Crippen LogP contribution in [0.4, 0.5) is 0 Å². The molecule has 0 spiro atoms. The number of carboxylic acid groups (broad SMARTS) is 1. The van der Waals surface area contributed by atoms with E-state index in [-0.39, 0.29) is 17.4 Å². The third kappa shape index (κ3) is 6.53. The Kier molecular flexibility index (Phi) is 8.19. The number of aliphatic carboxylic acids is 1. The molecule has 0 fully saturated rings. The molecular weight excluding hydrogens is 532 g/mol. The van der Waals surface area contributed by atoms with Crippen molar-refractivity contribution in [2.24, 2.45) is 0 Å². The number of aromatic nitrogens is 4. The maximum Gasteiger partial charge on any atom is 0.322 e. The average molecular weight is 563 g/mol. The molecule has 5 rings (SSSR count). The Morgan fingerprint density at radius 2 is 1.95 bits per heavy atom. The number of rotatable bonds is 11. The van der Waals surface area contributed by atoms with Gasteiger partial charge in [-0.15, -0.1) is 5.10 Å². The summed E-state index contributed by atoms with van der Waals surface area (Å²) in [5.74, 6) is -0.537. The van der Waals surface area contributed by atoms with Gasteiger partial charge in [-0.3, -0.25) is 9.78 Å². The number of fused-ring (bicyclic) bond motifs is 1. The number of pyridine rings is 1.